The average molecular weight is 308 g/mol. The molecule has 0 aliphatic rings. The van der Waals surface area contributed by atoms with E-state index in [-0.39, 0.29) is 17.5 Å². The van der Waals surface area contributed by atoms with E-state index < -0.39 is 0 Å². The van der Waals surface area contributed by atoms with Gasteiger partial charge >= 0.3 is 0 Å². The van der Waals surface area contributed by atoms with E-state index in [4.69, 9.17) is 16.3 Å². The van der Waals surface area contributed by atoms with Crippen molar-refractivity contribution in [2.24, 2.45) is 0 Å². The molecule has 1 unspecified atom stereocenters. The molecule has 0 saturated carbocycles. The second-order valence-corrected chi connectivity index (χ2v) is 5.25. The number of nitrogens with one attached hydrogen (secondary N) is 1. The van der Waals surface area contributed by atoms with E-state index >= 15 is 0 Å². The Labute approximate surface area is 129 Å². The zero-order valence-corrected chi connectivity index (χ0v) is 12.7. The Morgan fingerprint density at radius 1 is 1.24 bits per heavy atom. The number of phenolic OH excluding ortho intramolecular Hbond substituents is 2. The topological polar surface area (TPSA) is 61.7 Å². The Morgan fingerprint density at radius 3 is 2.67 bits per heavy atom. The molecule has 0 aliphatic heterocycles. The SMILES string of the molecule is COc1cc(Cl)cc(CNC(C)c2cccc(O)c2)c1O. The summed E-state index contributed by atoms with van der Waals surface area (Å²) in [6, 6.07) is 10.3. The molecule has 0 radical (unpaired) electrons. The number of halogens is 1. The minimum Gasteiger partial charge on any atom is -0.508 e. The fourth-order valence-corrected chi connectivity index (χ4v) is 2.32. The van der Waals surface area contributed by atoms with E-state index in [0.29, 0.717) is 22.9 Å². The van der Waals surface area contributed by atoms with Crippen LogP contribution in [-0.4, -0.2) is 17.3 Å². The molecule has 0 amide bonds. The predicted molar refractivity (Wildman–Crippen MR) is 83.0 cm³/mol. The molecule has 0 aliphatic carbocycles. The first kappa shape index (κ1) is 15.5. The summed E-state index contributed by atoms with van der Waals surface area (Å²) in [4.78, 5) is 0. The Bertz CT molecular complexity index is 631. The first-order chi connectivity index (χ1) is 10.0. The molecule has 0 fully saturated rings. The highest BCUT2D eigenvalue weighted by atomic mass is 35.5. The van der Waals surface area contributed by atoms with Gasteiger partial charge in [-0.2, -0.15) is 0 Å². The van der Waals surface area contributed by atoms with Crippen molar-refractivity contribution < 1.29 is 14.9 Å². The summed E-state index contributed by atoms with van der Waals surface area (Å²) in [7, 11) is 1.48. The molecule has 0 bridgehead atoms. The molecule has 21 heavy (non-hydrogen) atoms. The van der Waals surface area contributed by atoms with E-state index in [1.165, 1.54) is 7.11 Å². The van der Waals surface area contributed by atoms with Crippen LogP contribution in [0.25, 0.3) is 0 Å². The van der Waals surface area contributed by atoms with Crippen molar-refractivity contribution in [2.75, 3.05) is 7.11 Å². The maximum Gasteiger partial charge on any atom is 0.162 e. The minimum absolute atomic E-state index is 0.0153. The van der Waals surface area contributed by atoms with Crippen LogP contribution in [0.3, 0.4) is 0 Å². The summed E-state index contributed by atoms with van der Waals surface area (Å²) in [6.07, 6.45) is 0. The third-order valence-electron chi connectivity index (χ3n) is 3.31. The Balaban J connectivity index is 2.11. The average Bonchev–Trinajstić information content (AvgIpc) is 2.47. The second-order valence-electron chi connectivity index (χ2n) is 4.81. The van der Waals surface area contributed by atoms with Crippen LogP contribution in [0, 0.1) is 0 Å². The van der Waals surface area contributed by atoms with E-state index in [1.807, 2.05) is 13.0 Å². The van der Waals surface area contributed by atoms with Gasteiger partial charge in [-0.3, -0.25) is 0 Å². The van der Waals surface area contributed by atoms with Crippen LogP contribution in [0.4, 0.5) is 0 Å². The number of ether oxygens (including phenoxy) is 1. The molecular formula is C16H18ClNO3. The zero-order chi connectivity index (χ0) is 15.4. The van der Waals surface area contributed by atoms with E-state index in [0.717, 1.165) is 5.56 Å². The summed E-state index contributed by atoms with van der Waals surface area (Å²) in [6.45, 7) is 2.41. The molecule has 2 aromatic carbocycles. The van der Waals surface area contributed by atoms with Gasteiger partial charge in [-0.1, -0.05) is 23.7 Å². The lowest BCUT2D eigenvalue weighted by Crippen LogP contribution is -2.18. The molecule has 0 saturated heterocycles. The molecule has 1 atom stereocenters. The Morgan fingerprint density at radius 2 is 2.00 bits per heavy atom. The van der Waals surface area contributed by atoms with Gasteiger partial charge in [0.25, 0.3) is 0 Å². The molecule has 2 rings (SSSR count). The molecular weight excluding hydrogens is 290 g/mol. The van der Waals surface area contributed by atoms with Gasteiger partial charge in [-0.25, -0.2) is 0 Å². The van der Waals surface area contributed by atoms with Crippen LogP contribution in [0.2, 0.25) is 5.02 Å². The largest absolute Gasteiger partial charge is 0.508 e. The first-order valence-corrected chi connectivity index (χ1v) is 6.96. The predicted octanol–water partition coefficient (Wildman–Crippen LogP) is 3.61. The van der Waals surface area contributed by atoms with Crippen LogP contribution in [0.5, 0.6) is 17.2 Å². The van der Waals surface area contributed by atoms with Crippen LogP contribution in [-0.2, 0) is 6.54 Å². The first-order valence-electron chi connectivity index (χ1n) is 6.59. The number of phenols is 2. The van der Waals surface area contributed by atoms with Crippen molar-refractivity contribution in [1.29, 1.82) is 0 Å². The lowest BCUT2D eigenvalue weighted by atomic mass is 10.1. The normalized spacial score (nSPS) is 12.1. The molecule has 4 nitrogen and oxygen atoms in total. The number of aromatic hydroxyl groups is 2. The number of methoxy groups -OCH3 is 1. The van der Waals surface area contributed by atoms with Crippen molar-refractivity contribution in [2.45, 2.75) is 19.5 Å². The highest BCUT2D eigenvalue weighted by Crippen LogP contribution is 2.33. The Hall–Kier alpha value is -1.91. The van der Waals surface area contributed by atoms with Gasteiger partial charge in [0.1, 0.15) is 5.75 Å². The van der Waals surface area contributed by atoms with Crippen molar-refractivity contribution in [3.63, 3.8) is 0 Å². The van der Waals surface area contributed by atoms with E-state index in [9.17, 15) is 10.2 Å². The summed E-state index contributed by atoms with van der Waals surface area (Å²) in [5.74, 6) is 0.662. The number of hydrogen-bond donors (Lipinski definition) is 3. The molecule has 0 spiro atoms. The Kier molecular flexibility index (Phi) is 4.94. The van der Waals surface area contributed by atoms with Crippen LogP contribution >= 0.6 is 11.6 Å². The second kappa shape index (κ2) is 6.70. The molecule has 3 N–H and O–H groups in total. The summed E-state index contributed by atoms with van der Waals surface area (Å²) >= 11 is 6.00. The van der Waals surface area contributed by atoms with Gasteiger partial charge in [0.05, 0.1) is 7.11 Å². The van der Waals surface area contributed by atoms with Crippen molar-refractivity contribution in [3.8, 4) is 17.2 Å². The molecule has 0 heterocycles. The highest BCUT2D eigenvalue weighted by molar-refractivity contribution is 6.30. The maximum atomic E-state index is 10.1. The molecule has 112 valence electrons. The smallest absolute Gasteiger partial charge is 0.162 e. The molecule has 0 aromatic heterocycles. The molecule has 5 heteroatoms. The van der Waals surface area contributed by atoms with E-state index in [1.54, 1.807) is 30.3 Å². The van der Waals surface area contributed by atoms with Crippen LogP contribution < -0.4 is 10.1 Å². The lowest BCUT2D eigenvalue weighted by Gasteiger charge is -2.16. The standard InChI is InChI=1S/C16H18ClNO3/c1-10(11-4-3-5-14(19)7-11)18-9-12-6-13(17)8-15(21-2)16(12)20/h3-8,10,18-20H,9H2,1-2H3. The minimum atomic E-state index is 0.0153. The van der Waals surface area contributed by atoms with E-state index in [2.05, 4.69) is 5.32 Å². The molecule has 2 aromatic rings. The fourth-order valence-electron chi connectivity index (χ4n) is 2.09. The zero-order valence-electron chi connectivity index (χ0n) is 11.9. The third-order valence-corrected chi connectivity index (χ3v) is 3.53. The van der Waals surface area contributed by atoms with Gasteiger partial charge in [-0.05, 0) is 30.7 Å². The van der Waals surface area contributed by atoms with Crippen molar-refractivity contribution in [1.82, 2.24) is 5.32 Å². The van der Waals surface area contributed by atoms with Gasteiger partial charge in [0, 0.05) is 29.2 Å². The van der Waals surface area contributed by atoms with Crippen LogP contribution in [0.15, 0.2) is 36.4 Å². The summed E-state index contributed by atoms with van der Waals surface area (Å²) < 4.78 is 5.08. The van der Waals surface area contributed by atoms with Crippen LogP contribution in [0.1, 0.15) is 24.1 Å². The lowest BCUT2D eigenvalue weighted by molar-refractivity contribution is 0.369. The maximum absolute atomic E-state index is 10.1. The monoisotopic (exact) mass is 307 g/mol. The van der Waals surface area contributed by atoms with Gasteiger partial charge in [0.2, 0.25) is 0 Å². The highest BCUT2D eigenvalue weighted by Gasteiger charge is 2.12. The quantitative estimate of drug-likeness (QED) is 0.789. The van der Waals surface area contributed by atoms with Gasteiger partial charge in [0.15, 0.2) is 11.5 Å². The summed E-state index contributed by atoms with van der Waals surface area (Å²) in [5.41, 5.74) is 1.62. The third kappa shape index (κ3) is 3.80. The summed E-state index contributed by atoms with van der Waals surface area (Å²) in [5, 5.41) is 23.4. The number of rotatable bonds is 5. The van der Waals surface area contributed by atoms with Gasteiger partial charge < -0.3 is 20.3 Å². The van der Waals surface area contributed by atoms with Crippen molar-refractivity contribution >= 4 is 11.6 Å². The number of benzene rings is 2. The van der Waals surface area contributed by atoms with Crippen molar-refractivity contribution in [3.05, 3.63) is 52.5 Å². The number of hydrogen-bond acceptors (Lipinski definition) is 4. The fraction of sp³-hybridized carbons (Fsp3) is 0.250. The van der Waals surface area contributed by atoms with Gasteiger partial charge in [-0.15, -0.1) is 0 Å².